The van der Waals surface area contributed by atoms with Crippen molar-refractivity contribution in [2.45, 2.75) is 18.1 Å². The van der Waals surface area contributed by atoms with Gasteiger partial charge in [0.2, 0.25) is 5.91 Å². The Morgan fingerprint density at radius 3 is 2.48 bits per heavy atom. The molecule has 0 aliphatic carbocycles. The van der Waals surface area contributed by atoms with E-state index in [9.17, 15) is 9.59 Å². The summed E-state index contributed by atoms with van der Waals surface area (Å²) in [7, 11) is 0. The van der Waals surface area contributed by atoms with E-state index >= 15 is 0 Å². The number of H-pyrrole nitrogens is 1. The van der Waals surface area contributed by atoms with Crippen LogP contribution < -0.4 is 14.9 Å². The van der Waals surface area contributed by atoms with Crippen molar-refractivity contribution < 1.29 is 14.2 Å². The number of nitrogens with one attached hydrogen (secondary N) is 2. The number of amides is 2. The van der Waals surface area contributed by atoms with Crippen LogP contribution in [0.1, 0.15) is 12.0 Å². The molecular weight excluding hydrogens is 434 g/mol. The molecule has 4 aromatic rings. The van der Waals surface area contributed by atoms with Crippen LogP contribution in [0.4, 0.5) is 5.69 Å². The fraction of sp³-hybridized carbons (Fsp3) is 0.120. The van der Waals surface area contributed by atoms with Gasteiger partial charge in [0.1, 0.15) is 12.4 Å². The quantitative estimate of drug-likeness (QED) is 0.344. The molecule has 0 bridgehead atoms. The highest BCUT2D eigenvalue weighted by atomic mass is 32.2. The maximum atomic E-state index is 12.6. The van der Waals surface area contributed by atoms with E-state index < -0.39 is 0 Å². The molecule has 1 aromatic heterocycles. The van der Waals surface area contributed by atoms with Crippen LogP contribution in [0.25, 0.3) is 11.0 Å². The molecule has 0 fully saturated rings. The lowest BCUT2D eigenvalue weighted by atomic mass is 10.2. The standard InChI is InChI=1S/C25H21N5O2S/c31-23(27-22-15-24(32)30(28-22)19-11-5-2-6-12-19)17-33-25-26-20-13-7-8-14-21(20)29(25)16-18-9-3-1-4-10-18/h1-14H,15-17H2,(H,27,28,31)/p+1. The number of aromatic amines is 1. The monoisotopic (exact) mass is 456 g/mol. The normalized spacial score (nSPS) is 13.4. The average Bonchev–Trinajstić information content (AvgIpc) is 3.38. The van der Waals surface area contributed by atoms with Gasteiger partial charge >= 0.3 is 5.16 Å². The molecule has 1 aliphatic heterocycles. The first kappa shape index (κ1) is 21.0. The number of carbonyl (C=O) groups excluding carboxylic acids is 2. The van der Waals surface area contributed by atoms with Crippen molar-refractivity contribution in [2.75, 3.05) is 10.8 Å². The summed E-state index contributed by atoms with van der Waals surface area (Å²) in [5.41, 5.74) is 3.95. The maximum absolute atomic E-state index is 12.6. The fourth-order valence-electron chi connectivity index (χ4n) is 3.74. The minimum Gasteiger partial charge on any atom is -0.312 e. The molecule has 5 rings (SSSR count). The molecule has 0 unspecified atom stereocenters. The molecule has 8 heteroatoms. The third kappa shape index (κ3) is 4.65. The summed E-state index contributed by atoms with van der Waals surface area (Å²) in [4.78, 5) is 28.4. The van der Waals surface area contributed by atoms with Crippen LogP contribution in [0, 0.1) is 0 Å². The van der Waals surface area contributed by atoms with Gasteiger partial charge in [-0.1, -0.05) is 60.7 Å². The zero-order chi connectivity index (χ0) is 22.6. The van der Waals surface area contributed by atoms with E-state index in [2.05, 4.69) is 38.2 Å². The molecule has 7 nitrogen and oxygen atoms in total. The predicted molar refractivity (Wildman–Crippen MR) is 129 cm³/mol. The lowest BCUT2D eigenvalue weighted by molar-refractivity contribution is -0.700. The fourth-order valence-corrected chi connectivity index (χ4v) is 4.59. The first-order valence-corrected chi connectivity index (χ1v) is 11.6. The topological polar surface area (TPSA) is 81.4 Å². The van der Waals surface area contributed by atoms with Crippen LogP contribution in [0.3, 0.4) is 0 Å². The zero-order valence-electron chi connectivity index (χ0n) is 17.8. The van der Waals surface area contributed by atoms with Crippen LogP contribution in [-0.2, 0) is 16.1 Å². The molecule has 2 amide bonds. The Hall–Kier alpha value is -3.91. The number of hydrazone groups is 1. The van der Waals surface area contributed by atoms with Gasteiger partial charge in [0, 0.05) is 0 Å². The number of benzene rings is 3. The van der Waals surface area contributed by atoms with Gasteiger partial charge in [-0.15, -0.1) is 0 Å². The van der Waals surface area contributed by atoms with Crippen molar-refractivity contribution in [1.82, 2.24) is 10.3 Å². The number of fused-ring (bicyclic) bond motifs is 1. The predicted octanol–water partition coefficient (Wildman–Crippen LogP) is 3.46. The molecular formula is C25H22N5O2S+. The smallest absolute Gasteiger partial charge is 0.312 e. The van der Waals surface area contributed by atoms with Crippen LogP contribution in [0.5, 0.6) is 0 Å². The largest absolute Gasteiger partial charge is 0.317 e. The van der Waals surface area contributed by atoms with Gasteiger partial charge in [0.25, 0.3) is 5.91 Å². The molecule has 33 heavy (non-hydrogen) atoms. The van der Waals surface area contributed by atoms with Crippen LogP contribution in [0.15, 0.2) is 95.2 Å². The molecule has 3 aromatic carbocycles. The number of nitrogens with zero attached hydrogens (tertiary/aromatic N) is 3. The number of thioether (sulfide) groups is 1. The summed E-state index contributed by atoms with van der Waals surface area (Å²) < 4.78 is 2.18. The summed E-state index contributed by atoms with van der Waals surface area (Å²) in [6.45, 7) is 0.696. The van der Waals surface area contributed by atoms with E-state index in [0.29, 0.717) is 18.1 Å². The molecule has 2 heterocycles. The number of amidine groups is 1. The minimum atomic E-state index is -0.202. The summed E-state index contributed by atoms with van der Waals surface area (Å²) >= 11 is 1.42. The number of aromatic nitrogens is 2. The molecule has 0 saturated heterocycles. The van der Waals surface area contributed by atoms with Crippen molar-refractivity contribution >= 4 is 46.1 Å². The minimum absolute atomic E-state index is 0.0751. The van der Waals surface area contributed by atoms with Crippen molar-refractivity contribution in [3.8, 4) is 0 Å². The van der Waals surface area contributed by atoms with Crippen LogP contribution >= 0.6 is 11.8 Å². The maximum Gasteiger partial charge on any atom is 0.317 e. The number of hydrogen-bond donors (Lipinski definition) is 2. The highest BCUT2D eigenvalue weighted by Gasteiger charge is 2.27. The Morgan fingerprint density at radius 2 is 1.70 bits per heavy atom. The highest BCUT2D eigenvalue weighted by Crippen LogP contribution is 2.20. The second kappa shape index (κ2) is 9.30. The van der Waals surface area contributed by atoms with E-state index in [1.165, 1.54) is 22.3 Å². The van der Waals surface area contributed by atoms with E-state index in [-0.39, 0.29) is 24.0 Å². The Balaban J connectivity index is 1.28. The third-order valence-corrected chi connectivity index (χ3v) is 6.27. The Labute approximate surface area is 195 Å². The van der Waals surface area contributed by atoms with Gasteiger partial charge in [0.15, 0.2) is 11.0 Å². The molecule has 164 valence electrons. The summed E-state index contributed by atoms with van der Waals surface area (Å²) in [5.74, 6) is 0.190. The number of carbonyl (C=O) groups is 2. The Morgan fingerprint density at radius 1 is 1.00 bits per heavy atom. The van der Waals surface area contributed by atoms with E-state index in [1.807, 2.05) is 66.7 Å². The van der Waals surface area contributed by atoms with E-state index in [4.69, 9.17) is 0 Å². The van der Waals surface area contributed by atoms with E-state index in [0.717, 1.165) is 16.2 Å². The lowest BCUT2D eigenvalue weighted by Gasteiger charge is -2.10. The first-order chi connectivity index (χ1) is 16.2. The van der Waals surface area contributed by atoms with Crippen molar-refractivity contribution in [1.29, 1.82) is 0 Å². The zero-order valence-corrected chi connectivity index (χ0v) is 18.6. The second-order valence-electron chi connectivity index (χ2n) is 7.62. The number of rotatable bonds is 6. The van der Waals surface area contributed by atoms with Crippen molar-refractivity contribution in [3.05, 3.63) is 90.5 Å². The number of hydrogen-bond acceptors (Lipinski definition) is 4. The SMILES string of the molecule is O=C(CSc1[nH]c2ccccc2[n+]1Cc1ccccc1)NC1=NN(c2ccccc2)C(=O)C1. The van der Waals surface area contributed by atoms with Gasteiger partial charge < -0.3 is 5.32 Å². The van der Waals surface area contributed by atoms with Crippen molar-refractivity contribution in [3.63, 3.8) is 0 Å². The summed E-state index contributed by atoms with van der Waals surface area (Å²) in [6.07, 6.45) is 0.0751. The Kier molecular flexibility index (Phi) is 5.91. The number of imidazole rings is 1. The van der Waals surface area contributed by atoms with E-state index in [1.54, 1.807) is 0 Å². The third-order valence-electron chi connectivity index (χ3n) is 5.27. The van der Waals surface area contributed by atoms with Gasteiger partial charge in [-0.25, -0.2) is 9.55 Å². The van der Waals surface area contributed by atoms with Crippen molar-refractivity contribution in [2.24, 2.45) is 5.10 Å². The number of para-hydroxylation sites is 3. The molecule has 0 saturated carbocycles. The van der Waals surface area contributed by atoms with Gasteiger partial charge in [-0.2, -0.15) is 10.1 Å². The number of anilines is 1. The highest BCUT2D eigenvalue weighted by molar-refractivity contribution is 7.99. The Bertz CT molecular complexity index is 1330. The molecule has 0 radical (unpaired) electrons. The molecule has 0 spiro atoms. The van der Waals surface area contributed by atoms with Crippen LogP contribution in [0.2, 0.25) is 0 Å². The van der Waals surface area contributed by atoms with Gasteiger partial charge in [-0.3, -0.25) is 9.59 Å². The van der Waals surface area contributed by atoms with Gasteiger partial charge in [0.05, 0.1) is 17.9 Å². The first-order valence-electron chi connectivity index (χ1n) is 10.6. The summed E-state index contributed by atoms with van der Waals surface area (Å²) in [6, 6.07) is 27.5. The summed E-state index contributed by atoms with van der Waals surface area (Å²) in [5, 5.41) is 9.30. The lowest BCUT2D eigenvalue weighted by Crippen LogP contribution is -2.36. The molecule has 1 aliphatic rings. The average molecular weight is 457 g/mol. The molecule has 2 N–H and O–H groups in total. The second-order valence-corrected chi connectivity index (χ2v) is 8.58. The van der Waals surface area contributed by atoms with Crippen LogP contribution in [-0.4, -0.2) is 28.4 Å². The molecule has 0 atom stereocenters. The van der Waals surface area contributed by atoms with Gasteiger partial charge in [-0.05, 0) is 41.6 Å².